The largest absolute Gasteiger partial charge is 0.465 e. The van der Waals surface area contributed by atoms with Gasteiger partial charge in [0.25, 0.3) is 0 Å². The number of nitrogens with two attached hydrogens (primary N) is 1. The molecular weight excluding hydrogens is 204 g/mol. The molecule has 0 fully saturated rings. The number of aromatic nitrogens is 1. The zero-order valence-electron chi connectivity index (χ0n) is 7.84. The molecule has 1 rings (SSSR count). The third-order valence-electron chi connectivity index (χ3n) is 1.55. The lowest BCUT2D eigenvalue weighted by Crippen LogP contribution is -2.24. The molecule has 78 valence electrons. The van der Waals surface area contributed by atoms with Gasteiger partial charge in [0.2, 0.25) is 0 Å². The van der Waals surface area contributed by atoms with Crippen LogP contribution in [-0.2, 0) is 9.53 Å². The maximum absolute atomic E-state index is 11.2. The van der Waals surface area contributed by atoms with Crippen molar-refractivity contribution in [1.29, 1.82) is 0 Å². The lowest BCUT2D eigenvalue weighted by atomic mass is 10.2. The second-order valence-corrected chi connectivity index (χ2v) is 2.48. The fourth-order valence-electron chi connectivity index (χ4n) is 0.913. The van der Waals surface area contributed by atoms with Crippen LogP contribution >= 0.6 is 12.4 Å². The van der Waals surface area contributed by atoms with Gasteiger partial charge < -0.3 is 10.5 Å². The number of nitrogens with zero attached hydrogens (tertiary/aromatic N) is 1. The van der Waals surface area contributed by atoms with Gasteiger partial charge in [0.15, 0.2) is 0 Å². The Hall–Kier alpha value is -1.13. The minimum atomic E-state index is -0.777. The smallest absolute Gasteiger partial charge is 0.329 e. The van der Waals surface area contributed by atoms with Gasteiger partial charge in [-0.1, -0.05) is 6.07 Å². The molecule has 14 heavy (non-hydrogen) atoms. The summed E-state index contributed by atoms with van der Waals surface area (Å²) >= 11 is 0. The molecule has 0 radical (unpaired) electrons. The molecule has 0 aliphatic heterocycles. The summed E-state index contributed by atoms with van der Waals surface area (Å²) in [6.07, 6.45) is 1.59. The number of pyridine rings is 1. The summed E-state index contributed by atoms with van der Waals surface area (Å²) < 4.78 is 4.75. The number of rotatable bonds is 3. The van der Waals surface area contributed by atoms with Crippen LogP contribution in [0.25, 0.3) is 0 Å². The van der Waals surface area contributed by atoms with E-state index in [1.807, 2.05) is 0 Å². The fourth-order valence-corrected chi connectivity index (χ4v) is 0.913. The van der Waals surface area contributed by atoms with E-state index in [9.17, 15) is 4.79 Å². The summed E-state index contributed by atoms with van der Waals surface area (Å²) in [6, 6.07) is 4.46. The van der Waals surface area contributed by atoms with Gasteiger partial charge in [-0.3, -0.25) is 4.98 Å². The first-order valence-electron chi connectivity index (χ1n) is 4.09. The van der Waals surface area contributed by atoms with Crippen molar-refractivity contribution in [3.63, 3.8) is 0 Å². The van der Waals surface area contributed by atoms with E-state index in [1.165, 1.54) is 0 Å². The van der Waals surface area contributed by atoms with E-state index in [2.05, 4.69) is 4.98 Å². The monoisotopic (exact) mass is 216 g/mol. The van der Waals surface area contributed by atoms with Crippen LogP contribution in [0.1, 0.15) is 18.7 Å². The summed E-state index contributed by atoms with van der Waals surface area (Å²) in [5.74, 6) is -0.443. The number of hydrogen-bond donors (Lipinski definition) is 1. The Labute approximate surface area is 88.9 Å². The molecule has 0 aliphatic rings. The molecule has 0 aliphatic carbocycles. The van der Waals surface area contributed by atoms with E-state index in [0.717, 1.165) is 0 Å². The van der Waals surface area contributed by atoms with Crippen molar-refractivity contribution < 1.29 is 9.53 Å². The number of ether oxygens (including phenoxy) is 1. The van der Waals surface area contributed by atoms with Crippen molar-refractivity contribution in [2.24, 2.45) is 5.73 Å². The topological polar surface area (TPSA) is 65.2 Å². The van der Waals surface area contributed by atoms with Crippen LogP contribution in [0.15, 0.2) is 24.4 Å². The number of esters is 1. The van der Waals surface area contributed by atoms with E-state index in [-0.39, 0.29) is 12.4 Å². The molecule has 1 unspecified atom stereocenters. The highest BCUT2D eigenvalue weighted by atomic mass is 35.5. The third kappa shape index (κ3) is 3.32. The molecule has 0 bridgehead atoms. The minimum Gasteiger partial charge on any atom is -0.465 e. The molecule has 0 aromatic carbocycles. The fraction of sp³-hybridized carbons (Fsp3) is 0.333. The van der Waals surface area contributed by atoms with Crippen molar-refractivity contribution in [3.05, 3.63) is 30.1 Å². The zero-order chi connectivity index (χ0) is 9.68. The molecule has 2 N–H and O–H groups in total. The van der Waals surface area contributed by atoms with Crippen molar-refractivity contribution in [2.75, 3.05) is 6.61 Å². The van der Waals surface area contributed by atoms with Gasteiger partial charge in [-0.25, -0.2) is 4.79 Å². The van der Waals surface area contributed by atoms with Crippen LogP contribution in [-0.4, -0.2) is 17.6 Å². The van der Waals surface area contributed by atoms with Gasteiger partial charge >= 0.3 is 5.97 Å². The standard InChI is InChI=1S/C9H12N2O2.ClH/c1-2-13-9(12)8(10)7-5-3-4-6-11-7;/h3-6,8H,2,10H2,1H3;1H. The first-order valence-corrected chi connectivity index (χ1v) is 4.09. The molecule has 0 saturated heterocycles. The van der Waals surface area contributed by atoms with Gasteiger partial charge in [-0.2, -0.15) is 0 Å². The lowest BCUT2D eigenvalue weighted by Gasteiger charge is -2.08. The van der Waals surface area contributed by atoms with E-state index in [4.69, 9.17) is 10.5 Å². The van der Waals surface area contributed by atoms with Crippen molar-refractivity contribution in [3.8, 4) is 0 Å². The van der Waals surface area contributed by atoms with Crippen LogP contribution in [0.3, 0.4) is 0 Å². The van der Waals surface area contributed by atoms with E-state index < -0.39 is 12.0 Å². The average Bonchev–Trinajstić information content (AvgIpc) is 2.18. The Bertz CT molecular complexity index is 279. The number of carbonyl (C=O) groups excluding carboxylic acids is 1. The third-order valence-corrected chi connectivity index (χ3v) is 1.55. The summed E-state index contributed by atoms with van der Waals surface area (Å²) in [5.41, 5.74) is 6.12. The van der Waals surface area contributed by atoms with Crippen LogP contribution in [0.2, 0.25) is 0 Å². The van der Waals surface area contributed by atoms with Gasteiger partial charge in [-0.15, -0.1) is 12.4 Å². The number of halogens is 1. The molecule has 0 saturated carbocycles. The minimum absolute atomic E-state index is 0. The summed E-state index contributed by atoms with van der Waals surface area (Å²) in [7, 11) is 0. The Morgan fingerprint density at radius 3 is 2.86 bits per heavy atom. The lowest BCUT2D eigenvalue weighted by molar-refractivity contribution is -0.144. The number of carbonyl (C=O) groups is 1. The molecule has 4 nitrogen and oxygen atoms in total. The van der Waals surface area contributed by atoms with E-state index in [1.54, 1.807) is 31.3 Å². The molecule has 1 atom stereocenters. The van der Waals surface area contributed by atoms with Gasteiger partial charge in [0.05, 0.1) is 12.3 Å². The second-order valence-electron chi connectivity index (χ2n) is 2.48. The normalized spacial score (nSPS) is 11.3. The molecule has 0 spiro atoms. The summed E-state index contributed by atoms with van der Waals surface area (Å²) in [6.45, 7) is 2.07. The van der Waals surface area contributed by atoms with Gasteiger partial charge in [-0.05, 0) is 19.1 Å². The number of hydrogen-bond acceptors (Lipinski definition) is 4. The second kappa shape index (κ2) is 6.34. The summed E-state index contributed by atoms with van der Waals surface area (Å²) in [4.78, 5) is 15.1. The van der Waals surface area contributed by atoms with Crippen molar-refractivity contribution >= 4 is 18.4 Å². The van der Waals surface area contributed by atoms with Gasteiger partial charge in [0.1, 0.15) is 6.04 Å². The Morgan fingerprint density at radius 1 is 1.64 bits per heavy atom. The van der Waals surface area contributed by atoms with Gasteiger partial charge in [0, 0.05) is 6.20 Å². The Morgan fingerprint density at radius 2 is 2.36 bits per heavy atom. The highest BCUT2D eigenvalue weighted by Gasteiger charge is 2.17. The van der Waals surface area contributed by atoms with Crippen LogP contribution in [0.5, 0.6) is 0 Å². The quantitative estimate of drug-likeness (QED) is 0.768. The van der Waals surface area contributed by atoms with Crippen LogP contribution in [0, 0.1) is 0 Å². The Balaban J connectivity index is 0.00000169. The molecule has 5 heteroatoms. The predicted octanol–water partition coefficient (Wildman–Crippen LogP) is 1.07. The predicted molar refractivity (Wildman–Crippen MR) is 55.0 cm³/mol. The Kier molecular flexibility index (Phi) is 5.83. The maximum atomic E-state index is 11.2. The first-order chi connectivity index (χ1) is 6.25. The molecule has 1 heterocycles. The zero-order valence-corrected chi connectivity index (χ0v) is 8.66. The molecule has 1 aromatic rings. The van der Waals surface area contributed by atoms with Crippen LogP contribution < -0.4 is 5.73 Å². The van der Waals surface area contributed by atoms with E-state index >= 15 is 0 Å². The average molecular weight is 217 g/mol. The highest BCUT2D eigenvalue weighted by Crippen LogP contribution is 2.07. The first kappa shape index (κ1) is 12.9. The van der Waals surface area contributed by atoms with E-state index in [0.29, 0.717) is 12.3 Å². The highest BCUT2D eigenvalue weighted by molar-refractivity contribution is 5.85. The van der Waals surface area contributed by atoms with Crippen LogP contribution in [0.4, 0.5) is 0 Å². The molecule has 0 amide bonds. The van der Waals surface area contributed by atoms with Crippen molar-refractivity contribution in [1.82, 2.24) is 4.98 Å². The summed E-state index contributed by atoms with van der Waals surface area (Å²) in [5, 5.41) is 0. The molecular formula is C9H13ClN2O2. The maximum Gasteiger partial charge on any atom is 0.329 e. The molecule has 1 aromatic heterocycles. The SMILES string of the molecule is CCOC(=O)C(N)c1ccccn1.Cl. The van der Waals surface area contributed by atoms with Crippen molar-refractivity contribution in [2.45, 2.75) is 13.0 Å².